The van der Waals surface area contributed by atoms with Gasteiger partial charge in [0.1, 0.15) is 0 Å². The molecule has 0 saturated carbocycles. The standard InChI is InChI=1S/C20H18Cl2N6OS/c1-28-20(25-26-27-28)30-11-19(29)24-10-15(13-7-6-12(21)8-17(13)22)16-9-23-18-5-3-2-4-14(16)18/h2-9,15,23H,10-11H2,1H3,(H,24,29)/t15-/m0/s1. The van der Waals surface area contributed by atoms with Gasteiger partial charge in [-0.1, -0.05) is 59.2 Å². The molecule has 0 unspecified atom stereocenters. The molecule has 1 atom stereocenters. The van der Waals surface area contributed by atoms with Gasteiger partial charge in [-0.3, -0.25) is 4.79 Å². The van der Waals surface area contributed by atoms with Crippen molar-refractivity contribution < 1.29 is 4.79 Å². The number of amides is 1. The molecule has 30 heavy (non-hydrogen) atoms. The smallest absolute Gasteiger partial charge is 0.230 e. The highest BCUT2D eigenvalue weighted by atomic mass is 35.5. The molecule has 0 saturated heterocycles. The predicted octanol–water partition coefficient (Wildman–Crippen LogP) is 4.04. The average Bonchev–Trinajstić information content (AvgIpc) is 3.34. The second-order valence-corrected chi connectivity index (χ2v) is 8.47. The fourth-order valence-corrected chi connectivity index (χ4v) is 4.51. The summed E-state index contributed by atoms with van der Waals surface area (Å²) in [5, 5.41) is 17.0. The molecule has 7 nitrogen and oxygen atoms in total. The maximum Gasteiger partial charge on any atom is 0.230 e. The second-order valence-electron chi connectivity index (χ2n) is 6.69. The Kier molecular flexibility index (Phi) is 6.26. The zero-order valence-electron chi connectivity index (χ0n) is 16.0. The normalized spacial score (nSPS) is 12.2. The molecule has 0 fully saturated rings. The molecule has 2 aromatic carbocycles. The quantitative estimate of drug-likeness (QED) is 0.406. The monoisotopic (exact) mass is 460 g/mol. The van der Waals surface area contributed by atoms with Gasteiger partial charge in [-0.25, -0.2) is 4.68 Å². The van der Waals surface area contributed by atoms with Gasteiger partial charge in [0.25, 0.3) is 0 Å². The average molecular weight is 461 g/mol. The number of thioether (sulfide) groups is 1. The van der Waals surface area contributed by atoms with E-state index in [1.807, 2.05) is 36.5 Å². The lowest BCUT2D eigenvalue weighted by Crippen LogP contribution is -2.30. The Morgan fingerprint density at radius 3 is 2.83 bits per heavy atom. The molecule has 1 amide bonds. The lowest BCUT2D eigenvalue weighted by atomic mass is 9.90. The summed E-state index contributed by atoms with van der Waals surface area (Å²) in [5.74, 6) is -0.0438. The van der Waals surface area contributed by atoms with Gasteiger partial charge in [0.15, 0.2) is 0 Å². The number of hydrogen-bond donors (Lipinski definition) is 2. The zero-order valence-corrected chi connectivity index (χ0v) is 18.3. The Balaban J connectivity index is 1.56. The molecule has 4 rings (SSSR count). The topological polar surface area (TPSA) is 88.5 Å². The predicted molar refractivity (Wildman–Crippen MR) is 119 cm³/mol. The number of para-hydroxylation sites is 1. The summed E-state index contributed by atoms with van der Waals surface area (Å²) in [4.78, 5) is 15.8. The van der Waals surface area contributed by atoms with Crippen LogP contribution in [0.3, 0.4) is 0 Å². The van der Waals surface area contributed by atoms with Gasteiger partial charge in [-0.2, -0.15) is 0 Å². The molecule has 2 aromatic heterocycles. The minimum absolute atomic E-state index is 0.113. The Bertz CT molecular complexity index is 1190. The third-order valence-electron chi connectivity index (χ3n) is 4.75. The number of tetrazole rings is 1. The molecule has 0 aliphatic carbocycles. The molecule has 2 heterocycles. The first-order valence-corrected chi connectivity index (χ1v) is 10.9. The summed E-state index contributed by atoms with van der Waals surface area (Å²) in [6, 6.07) is 13.5. The fraction of sp³-hybridized carbons (Fsp3) is 0.200. The van der Waals surface area contributed by atoms with Crippen molar-refractivity contribution in [2.75, 3.05) is 12.3 Å². The van der Waals surface area contributed by atoms with Crippen molar-refractivity contribution in [3.63, 3.8) is 0 Å². The SMILES string of the molecule is Cn1nnnc1SCC(=O)NC[C@@H](c1ccc(Cl)cc1Cl)c1c[nH]c2ccccc12. The van der Waals surface area contributed by atoms with Crippen molar-refractivity contribution in [2.24, 2.45) is 7.05 Å². The van der Waals surface area contributed by atoms with Crippen LogP contribution in [0.2, 0.25) is 10.0 Å². The van der Waals surface area contributed by atoms with Gasteiger partial charge >= 0.3 is 0 Å². The highest BCUT2D eigenvalue weighted by Gasteiger charge is 2.21. The van der Waals surface area contributed by atoms with E-state index < -0.39 is 0 Å². The summed E-state index contributed by atoms with van der Waals surface area (Å²) in [7, 11) is 1.73. The van der Waals surface area contributed by atoms with Crippen LogP contribution in [0.25, 0.3) is 10.9 Å². The first-order valence-electron chi connectivity index (χ1n) is 9.15. The maximum absolute atomic E-state index is 12.5. The van der Waals surface area contributed by atoms with Gasteiger partial charge in [0.05, 0.1) is 5.75 Å². The van der Waals surface area contributed by atoms with E-state index in [2.05, 4.69) is 31.9 Å². The van der Waals surface area contributed by atoms with E-state index in [4.69, 9.17) is 23.2 Å². The molecular formula is C20H18Cl2N6OS. The molecule has 154 valence electrons. The number of H-pyrrole nitrogens is 1. The van der Waals surface area contributed by atoms with Crippen LogP contribution in [0, 0.1) is 0 Å². The number of fused-ring (bicyclic) bond motifs is 1. The first-order chi connectivity index (χ1) is 14.5. The molecule has 4 aromatic rings. The number of carbonyl (C=O) groups is 1. The van der Waals surface area contributed by atoms with Gasteiger partial charge in [0.2, 0.25) is 11.1 Å². The van der Waals surface area contributed by atoms with Crippen molar-refractivity contribution >= 4 is 51.8 Å². The number of benzene rings is 2. The molecule has 0 aliphatic heterocycles. The van der Waals surface area contributed by atoms with Crippen LogP contribution in [0.15, 0.2) is 53.8 Å². The second kappa shape index (κ2) is 9.07. The summed E-state index contributed by atoms with van der Waals surface area (Å²) in [6.45, 7) is 0.389. The number of rotatable bonds is 7. The van der Waals surface area contributed by atoms with Crippen LogP contribution < -0.4 is 5.32 Å². The number of halogens is 2. The highest BCUT2D eigenvalue weighted by Crippen LogP contribution is 2.35. The lowest BCUT2D eigenvalue weighted by Gasteiger charge is -2.19. The minimum atomic E-state index is -0.142. The fourth-order valence-electron chi connectivity index (χ4n) is 3.29. The summed E-state index contributed by atoms with van der Waals surface area (Å²) in [5.41, 5.74) is 2.98. The van der Waals surface area contributed by atoms with Crippen molar-refractivity contribution in [1.82, 2.24) is 30.5 Å². The van der Waals surface area contributed by atoms with Crippen LogP contribution in [-0.4, -0.2) is 43.4 Å². The number of nitrogens with one attached hydrogen (secondary N) is 2. The number of carbonyl (C=O) groups excluding carboxylic acids is 1. The molecule has 0 spiro atoms. The largest absolute Gasteiger partial charge is 0.361 e. The Labute approximate surface area is 187 Å². The van der Waals surface area contributed by atoms with E-state index in [1.54, 1.807) is 13.1 Å². The van der Waals surface area contributed by atoms with E-state index in [-0.39, 0.29) is 17.6 Å². The van der Waals surface area contributed by atoms with Crippen LogP contribution in [0.1, 0.15) is 17.0 Å². The van der Waals surface area contributed by atoms with E-state index >= 15 is 0 Å². The van der Waals surface area contributed by atoms with E-state index in [9.17, 15) is 4.79 Å². The van der Waals surface area contributed by atoms with Crippen molar-refractivity contribution in [1.29, 1.82) is 0 Å². The molecule has 0 radical (unpaired) electrons. The van der Waals surface area contributed by atoms with Crippen LogP contribution in [0.5, 0.6) is 0 Å². The lowest BCUT2D eigenvalue weighted by molar-refractivity contribution is -0.118. The van der Waals surface area contributed by atoms with Crippen molar-refractivity contribution in [3.05, 3.63) is 69.8 Å². The Morgan fingerprint density at radius 2 is 2.07 bits per heavy atom. The number of aromatic nitrogens is 5. The number of aryl methyl sites for hydroxylation is 1. The Morgan fingerprint density at radius 1 is 1.23 bits per heavy atom. The minimum Gasteiger partial charge on any atom is -0.361 e. The van der Waals surface area contributed by atoms with Gasteiger partial charge < -0.3 is 10.3 Å². The molecule has 0 aliphatic rings. The van der Waals surface area contributed by atoms with E-state index in [0.29, 0.717) is 21.7 Å². The third kappa shape index (κ3) is 4.45. The van der Waals surface area contributed by atoms with Gasteiger partial charge in [-0.15, -0.1) is 5.10 Å². The van der Waals surface area contributed by atoms with Gasteiger partial charge in [0, 0.05) is 46.7 Å². The van der Waals surface area contributed by atoms with E-state index in [1.165, 1.54) is 16.4 Å². The Hall–Kier alpha value is -2.55. The number of nitrogens with zero attached hydrogens (tertiary/aromatic N) is 4. The number of aromatic amines is 1. The van der Waals surface area contributed by atoms with E-state index in [0.717, 1.165) is 22.0 Å². The van der Waals surface area contributed by atoms with Gasteiger partial charge in [-0.05, 0) is 39.8 Å². The third-order valence-corrected chi connectivity index (χ3v) is 6.32. The van der Waals surface area contributed by atoms with Crippen molar-refractivity contribution in [2.45, 2.75) is 11.1 Å². The van der Waals surface area contributed by atoms with Crippen molar-refractivity contribution in [3.8, 4) is 0 Å². The molecular weight excluding hydrogens is 443 g/mol. The summed E-state index contributed by atoms with van der Waals surface area (Å²) >= 11 is 13.9. The van der Waals surface area contributed by atoms with Crippen LogP contribution in [-0.2, 0) is 11.8 Å². The number of hydrogen-bond acceptors (Lipinski definition) is 5. The molecule has 10 heteroatoms. The molecule has 0 bridgehead atoms. The maximum atomic E-state index is 12.5. The first kappa shape index (κ1) is 20.7. The summed E-state index contributed by atoms with van der Waals surface area (Å²) in [6.07, 6.45) is 1.96. The summed E-state index contributed by atoms with van der Waals surface area (Å²) < 4.78 is 1.53. The highest BCUT2D eigenvalue weighted by molar-refractivity contribution is 7.99. The van der Waals surface area contributed by atoms with Crippen LogP contribution >= 0.6 is 35.0 Å². The molecule has 2 N–H and O–H groups in total. The van der Waals surface area contributed by atoms with Crippen LogP contribution in [0.4, 0.5) is 0 Å². The zero-order chi connectivity index (χ0) is 21.1.